The fraction of sp³-hybridized carbons (Fsp3) is 0.462. The van der Waals surface area contributed by atoms with E-state index < -0.39 is 20.6 Å². The van der Waals surface area contributed by atoms with E-state index in [1.54, 1.807) is 25.2 Å². The largest absolute Gasteiger partial charge is 0.326 e. The molecule has 0 saturated heterocycles. The Hall–Kier alpha value is -0.980. The molecular formula is C13H18N2O2S2. The van der Waals surface area contributed by atoms with Gasteiger partial charge < -0.3 is 5.73 Å². The zero-order chi connectivity index (χ0) is 14.3. The van der Waals surface area contributed by atoms with Crippen molar-refractivity contribution in [3.05, 3.63) is 29.3 Å². The molecule has 1 atom stereocenters. The summed E-state index contributed by atoms with van der Waals surface area (Å²) in [4.78, 5) is 4.49. The van der Waals surface area contributed by atoms with Crippen molar-refractivity contribution in [2.45, 2.75) is 31.1 Å². The van der Waals surface area contributed by atoms with E-state index >= 15 is 0 Å². The highest BCUT2D eigenvalue weighted by atomic mass is 32.2. The second-order valence-corrected chi connectivity index (χ2v) is 8.97. The predicted octanol–water partition coefficient (Wildman–Crippen LogP) is 1.99. The van der Waals surface area contributed by atoms with Crippen LogP contribution in [-0.2, 0) is 16.3 Å². The number of fused-ring (bicyclic) bond motifs is 1. The molecule has 0 spiro atoms. The Morgan fingerprint density at radius 2 is 2.00 bits per heavy atom. The fourth-order valence-corrected chi connectivity index (χ4v) is 3.38. The highest BCUT2D eigenvalue weighted by molar-refractivity contribution is 7.92. The van der Waals surface area contributed by atoms with E-state index in [1.165, 1.54) is 6.26 Å². The molecule has 1 heterocycles. The summed E-state index contributed by atoms with van der Waals surface area (Å²) in [5, 5.41) is 0.880. The van der Waals surface area contributed by atoms with Crippen LogP contribution in [-0.4, -0.2) is 30.4 Å². The molecule has 0 aliphatic rings. The van der Waals surface area contributed by atoms with Gasteiger partial charge in [0.1, 0.15) is 0 Å². The molecule has 1 aromatic carbocycles. The number of hydrogen-bond donors (Lipinski definition) is 1. The molecule has 2 N–H and O–H groups in total. The van der Waals surface area contributed by atoms with Gasteiger partial charge in [0, 0.05) is 18.7 Å². The van der Waals surface area contributed by atoms with Crippen LogP contribution < -0.4 is 5.73 Å². The van der Waals surface area contributed by atoms with Crippen LogP contribution in [0.2, 0.25) is 0 Å². The van der Waals surface area contributed by atoms with Crippen LogP contribution in [0.5, 0.6) is 0 Å². The maximum atomic E-state index is 11.8. The topological polar surface area (TPSA) is 73.0 Å². The molecule has 0 amide bonds. The summed E-state index contributed by atoms with van der Waals surface area (Å²) in [6, 6.07) is 7.38. The summed E-state index contributed by atoms with van der Waals surface area (Å²) in [7, 11) is -3.20. The molecule has 6 heteroatoms. The zero-order valence-corrected chi connectivity index (χ0v) is 12.9. The zero-order valence-electron chi connectivity index (χ0n) is 11.3. The number of nitrogens with zero attached hydrogens (tertiary/aromatic N) is 1. The van der Waals surface area contributed by atoms with E-state index in [0.29, 0.717) is 6.42 Å². The van der Waals surface area contributed by atoms with Gasteiger partial charge in [0.05, 0.1) is 20.0 Å². The summed E-state index contributed by atoms with van der Waals surface area (Å²) in [6.07, 6.45) is 1.70. The minimum Gasteiger partial charge on any atom is -0.326 e. The minimum atomic E-state index is -3.20. The standard InChI is InChI=1S/C13H18N2O2S2/c1-13(2,19(3,16)17)11(14)8-12-15-9-6-4-5-7-10(9)18-12/h4-7,11H,8,14H2,1-3H3. The third-order valence-corrected chi connectivity index (χ3v) is 6.85. The maximum Gasteiger partial charge on any atom is 0.154 e. The van der Waals surface area contributed by atoms with Crippen molar-refractivity contribution in [1.82, 2.24) is 4.98 Å². The van der Waals surface area contributed by atoms with E-state index in [2.05, 4.69) is 4.98 Å². The third kappa shape index (κ3) is 2.80. The van der Waals surface area contributed by atoms with Gasteiger partial charge in [-0.1, -0.05) is 12.1 Å². The first-order chi connectivity index (χ1) is 8.72. The van der Waals surface area contributed by atoms with Gasteiger partial charge in [-0.15, -0.1) is 11.3 Å². The monoisotopic (exact) mass is 298 g/mol. The Bertz CT molecular complexity index is 656. The molecule has 2 rings (SSSR count). The van der Waals surface area contributed by atoms with Crippen LogP contribution in [0.1, 0.15) is 18.9 Å². The summed E-state index contributed by atoms with van der Waals surface area (Å²) >= 11 is 1.57. The number of benzene rings is 1. The lowest BCUT2D eigenvalue weighted by molar-refractivity contribution is 0.482. The van der Waals surface area contributed by atoms with Gasteiger partial charge in [0.15, 0.2) is 9.84 Å². The summed E-state index contributed by atoms with van der Waals surface area (Å²) in [5.74, 6) is 0. The summed E-state index contributed by atoms with van der Waals surface area (Å²) in [5.41, 5.74) is 7.02. The lowest BCUT2D eigenvalue weighted by Gasteiger charge is -2.29. The molecule has 0 aliphatic carbocycles. The van der Waals surface area contributed by atoms with E-state index in [1.807, 2.05) is 24.3 Å². The average Bonchev–Trinajstić information content (AvgIpc) is 2.69. The number of thiazole rings is 1. The number of aromatic nitrogens is 1. The molecule has 0 saturated carbocycles. The van der Waals surface area contributed by atoms with Crippen molar-refractivity contribution in [3.8, 4) is 0 Å². The van der Waals surface area contributed by atoms with Crippen molar-refractivity contribution >= 4 is 31.4 Å². The van der Waals surface area contributed by atoms with Crippen molar-refractivity contribution < 1.29 is 8.42 Å². The first-order valence-corrected chi connectivity index (χ1v) is 8.72. The number of nitrogens with two attached hydrogens (primary N) is 1. The molecule has 1 unspecified atom stereocenters. The highest BCUT2D eigenvalue weighted by Crippen LogP contribution is 2.26. The number of sulfone groups is 1. The Balaban J connectivity index is 2.26. The lowest BCUT2D eigenvalue weighted by atomic mass is 10.0. The van der Waals surface area contributed by atoms with Gasteiger partial charge in [-0.05, 0) is 26.0 Å². The fourth-order valence-electron chi connectivity index (χ4n) is 1.72. The van der Waals surface area contributed by atoms with Crippen molar-refractivity contribution in [2.24, 2.45) is 5.73 Å². The van der Waals surface area contributed by atoms with Crippen molar-refractivity contribution in [3.63, 3.8) is 0 Å². The van der Waals surface area contributed by atoms with Crippen LogP contribution in [0.25, 0.3) is 10.2 Å². The lowest BCUT2D eigenvalue weighted by Crippen LogP contribution is -2.49. The second-order valence-electron chi connectivity index (χ2n) is 5.26. The molecule has 0 radical (unpaired) electrons. The minimum absolute atomic E-state index is 0.469. The van der Waals surface area contributed by atoms with Crippen molar-refractivity contribution in [2.75, 3.05) is 6.26 Å². The quantitative estimate of drug-likeness (QED) is 0.937. The predicted molar refractivity (Wildman–Crippen MR) is 80.2 cm³/mol. The second kappa shape index (κ2) is 4.85. The summed E-state index contributed by atoms with van der Waals surface area (Å²) < 4.78 is 23.7. The van der Waals surface area contributed by atoms with Crippen LogP contribution in [0.15, 0.2) is 24.3 Å². The Morgan fingerprint density at radius 3 is 2.58 bits per heavy atom. The smallest absolute Gasteiger partial charge is 0.154 e. The molecule has 0 fully saturated rings. The Kier molecular flexibility index (Phi) is 3.68. The van der Waals surface area contributed by atoms with Crippen LogP contribution in [0.4, 0.5) is 0 Å². The highest BCUT2D eigenvalue weighted by Gasteiger charge is 2.37. The molecule has 4 nitrogen and oxygen atoms in total. The van der Waals surface area contributed by atoms with Gasteiger partial charge in [-0.2, -0.15) is 0 Å². The molecule has 19 heavy (non-hydrogen) atoms. The van der Waals surface area contributed by atoms with E-state index in [4.69, 9.17) is 5.73 Å². The van der Waals surface area contributed by atoms with Crippen LogP contribution >= 0.6 is 11.3 Å². The van der Waals surface area contributed by atoms with Crippen LogP contribution in [0, 0.1) is 0 Å². The molecule has 104 valence electrons. The van der Waals surface area contributed by atoms with Gasteiger partial charge in [0.2, 0.25) is 0 Å². The Morgan fingerprint density at radius 1 is 1.37 bits per heavy atom. The van der Waals surface area contributed by atoms with Crippen LogP contribution in [0.3, 0.4) is 0 Å². The molecular weight excluding hydrogens is 280 g/mol. The normalized spacial score (nSPS) is 14.7. The van der Waals surface area contributed by atoms with Gasteiger partial charge in [-0.3, -0.25) is 0 Å². The average molecular weight is 298 g/mol. The maximum absolute atomic E-state index is 11.8. The van der Waals surface area contributed by atoms with Gasteiger partial charge in [0.25, 0.3) is 0 Å². The summed E-state index contributed by atoms with van der Waals surface area (Å²) in [6.45, 7) is 3.33. The van der Waals surface area contributed by atoms with E-state index in [9.17, 15) is 8.42 Å². The van der Waals surface area contributed by atoms with Crippen molar-refractivity contribution in [1.29, 1.82) is 0 Å². The molecule has 2 aromatic rings. The molecule has 0 aliphatic heterocycles. The SMILES string of the molecule is CC(C)(C(N)Cc1nc2ccccc2s1)S(C)(=O)=O. The van der Waals surface area contributed by atoms with E-state index in [-0.39, 0.29) is 0 Å². The van der Waals surface area contributed by atoms with E-state index in [0.717, 1.165) is 15.2 Å². The Labute approximate surface area is 117 Å². The first-order valence-electron chi connectivity index (χ1n) is 6.01. The first kappa shape index (κ1) is 14.4. The number of hydrogen-bond acceptors (Lipinski definition) is 5. The van der Waals surface area contributed by atoms with Gasteiger partial charge >= 0.3 is 0 Å². The van der Waals surface area contributed by atoms with Gasteiger partial charge in [-0.25, -0.2) is 13.4 Å². The number of rotatable bonds is 4. The third-order valence-electron chi connectivity index (χ3n) is 3.58. The molecule has 0 bridgehead atoms. The molecule has 1 aromatic heterocycles. The number of para-hydroxylation sites is 1.